The number of anilines is 2. The number of nitrogens with one attached hydrogen (secondary N) is 3. The number of benzene rings is 3. The predicted octanol–water partition coefficient (Wildman–Crippen LogP) is 3.41. The largest absolute Gasteiger partial charge is 0.484 e. The van der Waals surface area contributed by atoms with Crippen molar-refractivity contribution >= 4 is 34.9 Å². The fourth-order valence-corrected chi connectivity index (χ4v) is 4.00. The topological polar surface area (TPSA) is 112 Å². The lowest BCUT2D eigenvalue weighted by molar-refractivity contribution is -0.127. The molecule has 0 radical (unpaired) electrons. The number of nitrogens with zero attached hydrogens (tertiary/aromatic N) is 2. The third-order valence-corrected chi connectivity index (χ3v) is 6.07. The van der Waals surface area contributed by atoms with E-state index in [-0.39, 0.29) is 12.4 Å². The number of hydrogen-bond acceptors (Lipinski definition) is 6. The second-order valence-electron chi connectivity index (χ2n) is 8.84. The Kier molecular flexibility index (Phi) is 7.24. The van der Waals surface area contributed by atoms with Crippen LogP contribution in [-0.2, 0) is 14.4 Å². The maximum atomic E-state index is 13.8. The molecule has 3 aromatic carbocycles. The maximum absolute atomic E-state index is 13.8. The number of carbonyl (C=O) groups excluding carboxylic acids is 3. The van der Waals surface area contributed by atoms with Crippen LogP contribution < -0.4 is 25.7 Å². The number of hydrogen-bond donors (Lipinski definition) is 3. The van der Waals surface area contributed by atoms with Gasteiger partial charge in [-0.3, -0.25) is 14.4 Å². The molecule has 9 nitrogen and oxygen atoms in total. The van der Waals surface area contributed by atoms with Crippen molar-refractivity contribution in [1.29, 1.82) is 0 Å². The maximum Gasteiger partial charge on any atom is 0.302 e. The van der Waals surface area contributed by atoms with Gasteiger partial charge in [0.1, 0.15) is 5.75 Å². The van der Waals surface area contributed by atoms with Crippen molar-refractivity contribution in [3.63, 3.8) is 0 Å². The summed E-state index contributed by atoms with van der Waals surface area (Å²) >= 11 is 0. The van der Waals surface area contributed by atoms with Gasteiger partial charge in [0.05, 0.1) is 5.69 Å². The summed E-state index contributed by atoms with van der Waals surface area (Å²) in [6, 6.07) is 21.4. The second kappa shape index (κ2) is 10.5. The van der Waals surface area contributed by atoms with E-state index in [1.54, 1.807) is 48.5 Å². The fourth-order valence-electron chi connectivity index (χ4n) is 4.00. The molecule has 3 N–H and O–H groups in total. The predicted molar refractivity (Wildman–Crippen MR) is 142 cm³/mol. The van der Waals surface area contributed by atoms with E-state index < -0.39 is 23.4 Å². The van der Waals surface area contributed by atoms with E-state index in [4.69, 9.17) is 4.74 Å². The third-order valence-electron chi connectivity index (χ3n) is 6.07. The highest BCUT2D eigenvalue weighted by atomic mass is 16.5. The molecule has 3 aromatic rings. The van der Waals surface area contributed by atoms with Gasteiger partial charge in [-0.05, 0) is 73.9 Å². The van der Waals surface area contributed by atoms with Crippen molar-refractivity contribution in [2.24, 2.45) is 5.10 Å². The van der Waals surface area contributed by atoms with Gasteiger partial charge in [0.25, 0.3) is 11.6 Å². The fraction of sp³-hybridized carbons (Fsp3) is 0.214. The van der Waals surface area contributed by atoms with Crippen LogP contribution in [0, 0.1) is 20.8 Å². The molecule has 0 spiro atoms. The standard InChI is InChI=1S/C28H29N5O4/c1-18-15-24(16-19(2)20(18)3)37-17-25(35)29-26-28(30-21(4)34,31-22-11-7-5-8-12-22)27(36)33(32-26)23-13-9-6-10-14-23/h5-16,31H,17H2,1-4H3,(H,30,34)(H,29,32,35). The molecule has 190 valence electrons. The molecule has 9 heteroatoms. The average molecular weight is 500 g/mol. The van der Waals surface area contributed by atoms with Crippen molar-refractivity contribution in [3.05, 3.63) is 89.5 Å². The Bertz CT molecular complexity index is 1330. The van der Waals surface area contributed by atoms with E-state index in [0.717, 1.165) is 21.7 Å². The minimum absolute atomic E-state index is 0.0785. The lowest BCUT2D eigenvalue weighted by Crippen LogP contribution is -2.68. The summed E-state index contributed by atoms with van der Waals surface area (Å²) in [7, 11) is 0. The molecular weight excluding hydrogens is 470 g/mol. The first kappa shape index (κ1) is 25.4. The molecule has 0 saturated carbocycles. The van der Waals surface area contributed by atoms with Gasteiger partial charge in [-0.1, -0.05) is 36.4 Å². The number of hydrazone groups is 1. The lowest BCUT2D eigenvalue weighted by atomic mass is 10.0. The zero-order valence-electron chi connectivity index (χ0n) is 21.2. The molecule has 1 atom stereocenters. The number of amidine groups is 1. The Balaban J connectivity index is 1.65. The Morgan fingerprint density at radius 1 is 0.946 bits per heavy atom. The third kappa shape index (κ3) is 5.45. The minimum atomic E-state index is -1.85. The van der Waals surface area contributed by atoms with Crippen LogP contribution in [0.25, 0.3) is 0 Å². The number of para-hydroxylation sites is 2. The highest BCUT2D eigenvalue weighted by molar-refractivity contribution is 6.27. The number of aryl methyl sites for hydroxylation is 2. The molecule has 3 amide bonds. The first-order valence-corrected chi connectivity index (χ1v) is 11.8. The molecule has 0 aliphatic carbocycles. The summed E-state index contributed by atoms with van der Waals surface area (Å²) in [6.07, 6.45) is 0. The van der Waals surface area contributed by atoms with Gasteiger partial charge in [0.15, 0.2) is 12.4 Å². The molecule has 1 heterocycles. The van der Waals surface area contributed by atoms with Crippen LogP contribution >= 0.6 is 0 Å². The summed E-state index contributed by atoms with van der Waals surface area (Å²) in [5.74, 6) is -1.14. The van der Waals surface area contributed by atoms with Gasteiger partial charge in [0.2, 0.25) is 5.91 Å². The molecule has 0 aromatic heterocycles. The monoisotopic (exact) mass is 499 g/mol. The summed E-state index contributed by atoms with van der Waals surface area (Å²) in [4.78, 5) is 39.1. The molecule has 1 aliphatic heterocycles. The summed E-state index contributed by atoms with van der Waals surface area (Å²) in [5, 5.41) is 14.0. The number of carbonyl (C=O) groups is 3. The van der Waals surface area contributed by atoms with Crippen molar-refractivity contribution < 1.29 is 19.1 Å². The van der Waals surface area contributed by atoms with Crippen molar-refractivity contribution in [2.75, 3.05) is 16.9 Å². The van der Waals surface area contributed by atoms with E-state index in [2.05, 4.69) is 21.1 Å². The van der Waals surface area contributed by atoms with Gasteiger partial charge in [0, 0.05) is 12.6 Å². The first-order valence-electron chi connectivity index (χ1n) is 11.8. The van der Waals surface area contributed by atoms with Crippen LogP contribution in [0.15, 0.2) is 77.9 Å². The number of rotatable bonds is 7. The molecular formula is C28H29N5O4. The Hall–Kier alpha value is -4.66. The SMILES string of the molecule is CC(=O)NC1(Nc2ccccc2)C(=O)N(c2ccccc2)N=C1NC(=O)COc1cc(C)c(C)c(C)c1. The van der Waals surface area contributed by atoms with Crippen LogP contribution in [0.2, 0.25) is 0 Å². The summed E-state index contributed by atoms with van der Waals surface area (Å²) in [5.41, 5.74) is 2.43. The molecule has 0 bridgehead atoms. The number of amides is 3. The number of ether oxygens (including phenoxy) is 1. The van der Waals surface area contributed by atoms with Gasteiger partial charge >= 0.3 is 5.91 Å². The van der Waals surface area contributed by atoms with E-state index in [1.165, 1.54) is 6.92 Å². The van der Waals surface area contributed by atoms with Gasteiger partial charge in [-0.15, -0.1) is 5.10 Å². The van der Waals surface area contributed by atoms with Crippen LogP contribution in [0.4, 0.5) is 11.4 Å². The van der Waals surface area contributed by atoms with Gasteiger partial charge in [-0.2, -0.15) is 5.01 Å². The Morgan fingerprint density at radius 2 is 1.54 bits per heavy atom. The molecule has 4 rings (SSSR count). The van der Waals surface area contributed by atoms with E-state index in [0.29, 0.717) is 17.1 Å². The normalized spacial score (nSPS) is 16.7. The van der Waals surface area contributed by atoms with E-state index >= 15 is 0 Å². The van der Waals surface area contributed by atoms with Crippen LogP contribution in [0.1, 0.15) is 23.6 Å². The molecule has 1 aliphatic rings. The highest BCUT2D eigenvalue weighted by Crippen LogP contribution is 2.28. The van der Waals surface area contributed by atoms with Crippen LogP contribution in [0.5, 0.6) is 5.75 Å². The minimum Gasteiger partial charge on any atom is -0.484 e. The Labute approximate surface area is 215 Å². The molecule has 0 saturated heterocycles. The zero-order valence-corrected chi connectivity index (χ0v) is 21.2. The van der Waals surface area contributed by atoms with Crippen molar-refractivity contribution in [1.82, 2.24) is 10.6 Å². The lowest BCUT2D eigenvalue weighted by Gasteiger charge is -2.31. The molecule has 1 unspecified atom stereocenters. The van der Waals surface area contributed by atoms with Crippen LogP contribution in [-0.4, -0.2) is 35.8 Å². The van der Waals surface area contributed by atoms with Gasteiger partial charge in [-0.25, -0.2) is 0 Å². The first-order chi connectivity index (χ1) is 17.7. The molecule has 37 heavy (non-hydrogen) atoms. The van der Waals surface area contributed by atoms with Crippen LogP contribution in [0.3, 0.4) is 0 Å². The summed E-state index contributed by atoms with van der Waals surface area (Å²) in [6.45, 7) is 6.95. The smallest absolute Gasteiger partial charge is 0.302 e. The highest BCUT2D eigenvalue weighted by Gasteiger charge is 2.54. The van der Waals surface area contributed by atoms with E-state index in [1.807, 2.05) is 45.0 Å². The van der Waals surface area contributed by atoms with Gasteiger partial charge < -0.3 is 20.7 Å². The van der Waals surface area contributed by atoms with Crippen molar-refractivity contribution in [3.8, 4) is 5.75 Å². The van der Waals surface area contributed by atoms with Crippen molar-refractivity contribution in [2.45, 2.75) is 33.4 Å². The summed E-state index contributed by atoms with van der Waals surface area (Å²) < 4.78 is 5.73. The second-order valence-corrected chi connectivity index (χ2v) is 8.84. The quantitative estimate of drug-likeness (QED) is 0.432. The Morgan fingerprint density at radius 3 is 2.14 bits per heavy atom. The van der Waals surface area contributed by atoms with E-state index in [9.17, 15) is 14.4 Å². The average Bonchev–Trinajstić information content (AvgIpc) is 3.12. The zero-order chi connectivity index (χ0) is 26.6. The molecule has 0 fully saturated rings.